The Labute approximate surface area is 63.8 Å². The summed E-state index contributed by atoms with van der Waals surface area (Å²) in [5, 5.41) is 8.05. The van der Waals surface area contributed by atoms with Crippen LogP contribution in [0.15, 0.2) is 0 Å². The van der Waals surface area contributed by atoms with Gasteiger partial charge in [-0.25, -0.2) is 0 Å². The van der Waals surface area contributed by atoms with Crippen LogP contribution in [0.2, 0.25) is 0 Å². The molecule has 0 aromatic rings. The summed E-state index contributed by atoms with van der Waals surface area (Å²) >= 11 is 0. The first-order valence-electron chi connectivity index (χ1n) is 3.42. The molecule has 0 aromatic heterocycles. The number of hydrogen-bond donors (Lipinski definition) is 0. The molecule has 0 aromatic carbocycles. The minimum Gasteiger partial charge on any atom is -0.198 e. The van der Waals surface area contributed by atoms with Crippen molar-refractivity contribution in [3.8, 4) is 6.07 Å². The molecule has 1 unspecified atom stereocenters. The second-order valence-corrected chi connectivity index (χ2v) is 2.49. The molecule has 0 rings (SSSR count). The molecule has 1 nitrogen and oxygen atoms in total. The van der Waals surface area contributed by atoms with Crippen LogP contribution in [0.25, 0.3) is 0 Å². The Balaban J connectivity index is 3.55. The molecule has 1 atom stereocenters. The molecule has 64 valence electrons. The number of rotatable bonds is 3. The van der Waals surface area contributed by atoms with Crippen LogP contribution < -0.4 is 0 Å². The Hall–Kier alpha value is -0.720. The molecule has 0 saturated carbocycles. The number of nitriles is 1. The van der Waals surface area contributed by atoms with Crippen molar-refractivity contribution >= 4 is 0 Å². The molecule has 0 aliphatic heterocycles. The van der Waals surface area contributed by atoms with Gasteiger partial charge in [0.1, 0.15) is 0 Å². The fraction of sp³-hybridized carbons (Fsp3) is 0.857. The smallest absolute Gasteiger partial charge is 0.198 e. The Morgan fingerprint density at radius 2 is 2.00 bits per heavy atom. The monoisotopic (exact) mass is 165 g/mol. The molecule has 11 heavy (non-hydrogen) atoms. The van der Waals surface area contributed by atoms with E-state index in [9.17, 15) is 13.2 Å². The van der Waals surface area contributed by atoms with Gasteiger partial charge in [-0.15, -0.1) is 0 Å². The van der Waals surface area contributed by atoms with Gasteiger partial charge >= 0.3 is 6.18 Å². The summed E-state index contributed by atoms with van der Waals surface area (Å²) in [7, 11) is 0. The largest absolute Gasteiger partial charge is 0.391 e. The number of halogens is 3. The van der Waals surface area contributed by atoms with Crippen molar-refractivity contribution in [2.45, 2.75) is 32.4 Å². The van der Waals surface area contributed by atoms with Gasteiger partial charge < -0.3 is 0 Å². The minimum atomic E-state index is -4.10. The third kappa shape index (κ3) is 4.65. The summed E-state index contributed by atoms with van der Waals surface area (Å²) in [6.07, 6.45) is -3.51. The van der Waals surface area contributed by atoms with Crippen LogP contribution in [-0.2, 0) is 0 Å². The number of alkyl halides is 3. The summed E-state index contributed by atoms with van der Waals surface area (Å²) in [6, 6.07) is 1.81. The molecule has 0 fully saturated rings. The molecule has 4 heteroatoms. The van der Waals surface area contributed by atoms with Gasteiger partial charge in [0.15, 0.2) is 0 Å². The average Bonchev–Trinajstić information content (AvgIpc) is 1.86. The van der Waals surface area contributed by atoms with Gasteiger partial charge in [-0.05, 0) is 12.8 Å². The molecule has 0 bridgehead atoms. The molecule has 0 radical (unpaired) electrons. The number of hydrogen-bond acceptors (Lipinski definition) is 1. The lowest BCUT2D eigenvalue weighted by Gasteiger charge is -2.13. The summed E-state index contributed by atoms with van der Waals surface area (Å²) in [4.78, 5) is 0. The maximum absolute atomic E-state index is 11.8. The van der Waals surface area contributed by atoms with Crippen LogP contribution in [0.3, 0.4) is 0 Å². The second kappa shape index (κ2) is 4.22. The predicted octanol–water partition coefficient (Wildman–Crippen LogP) is 2.88. The van der Waals surface area contributed by atoms with Gasteiger partial charge in [0.2, 0.25) is 0 Å². The maximum Gasteiger partial charge on any atom is 0.391 e. The first-order chi connectivity index (χ1) is 4.98. The van der Waals surface area contributed by atoms with Crippen molar-refractivity contribution in [2.75, 3.05) is 0 Å². The summed E-state index contributed by atoms with van der Waals surface area (Å²) in [5.41, 5.74) is 0. The highest BCUT2D eigenvalue weighted by Crippen LogP contribution is 2.29. The first kappa shape index (κ1) is 10.3. The predicted molar refractivity (Wildman–Crippen MR) is 34.7 cm³/mol. The minimum absolute atomic E-state index is 0.0526. The standard InChI is InChI=1S/C7H10F3N/c1-6(7(8,9)10)4-2-3-5-11/h6H,2-4H2,1H3. The van der Waals surface area contributed by atoms with E-state index in [2.05, 4.69) is 0 Å². The zero-order chi connectivity index (χ0) is 8.91. The third-order valence-electron chi connectivity index (χ3n) is 1.48. The van der Waals surface area contributed by atoms with Crippen molar-refractivity contribution in [1.82, 2.24) is 0 Å². The number of nitrogens with zero attached hydrogens (tertiary/aromatic N) is 1. The lowest BCUT2D eigenvalue weighted by atomic mass is 10.0. The Bertz CT molecular complexity index is 145. The zero-order valence-corrected chi connectivity index (χ0v) is 6.28. The van der Waals surface area contributed by atoms with Crippen LogP contribution in [0.1, 0.15) is 26.2 Å². The van der Waals surface area contributed by atoms with Crippen molar-refractivity contribution in [3.05, 3.63) is 0 Å². The highest BCUT2D eigenvalue weighted by Gasteiger charge is 2.34. The molecule has 0 saturated heterocycles. The molecule has 0 aliphatic carbocycles. The SMILES string of the molecule is CC(CCCC#N)C(F)(F)F. The lowest BCUT2D eigenvalue weighted by molar-refractivity contribution is -0.171. The van der Waals surface area contributed by atoms with Crippen molar-refractivity contribution in [3.63, 3.8) is 0 Å². The Morgan fingerprint density at radius 1 is 1.45 bits per heavy atom. The summed E-state index contributed by atoms with van der Waals surface area (Å²) in [6.45, 7) is 1.14. The average molecular weight is 165 g/mol. The van der Waals surface area contributed by atoms with Crippen LogP contribution in [0.5, 0.6) is 0 Å². The zero-order valence-electron chi connectivity index (χ0n) is 6.28. The molecule has 0 amide bonds. The summed E-state index contributed by atoms with van der Waals surface area (Å²) in [5.74, 6) is -1.28. The highest BCUT2D eigenvalue weighted by molar-refractivity contribution is 4.70. The lowest BCUT2D eigenvalue weighted by Crippen LogP contribution is -2.19. The van der Waals surface area contributed by atoms with E-state index < -0.39 is 12.1 Å². The van der Waals surface area contributed by atoms with Gasteiger partial charge in [0, 0.05) is 6.42 Å². The first-order valence-corrected chi connectivity index (χ1v) is 3.42. The highest BCUT2D eigenvalue weighted by atomic mass is 19.4. The van der Waals surface area contributed by atoms with E-state index in [-0.39, 0.29) is 12.8 Å². The van der Waals surface area contributed by atoms with Crippen LogP contribution >= 0.6 is 0 Å². The van der Waals surface area contributed by atoms with Crippen LogP contribution in [0.4, 0.5) is 13.2 Å². The molecule has 0 N–H and O–H groups in total. The van der Waals surface area contributed by atoms with Gasteiger partial charge in [0.05, 0.1) is 12.0 Å². The van der Waals surface area contributed by atoms with Gasteiger partial charge in [-0.3, -0.25) is 0 Å². The van der Waals surface area contributed by atoms with E-state index in [1.54, 1.807) is 0 Å². The van der Waals surface area contributed by atoms with Crippen molar-refractivity contribution in [1.29, 1.82) is 5.26 Å². The topological polar surface area (TPSA) is 23.8 Å². The Kier molecular flexibility index (Phi) is 3.94. The van der Waals surface area contributed by atoms with Crippen LogP contribution in [0, 0.1) is 17.2 Å². The van der Waals surface area contributed by atoms with Gasteiger partial charge in [-0.1, -0.05) is 6.92 Å². The fourth-order valence-electron chi connectivity index (χ4n) is 0.651. The van der Waals surface area contributed by atoms with E-state index in [1.807, 2.05) is 6.07 Å². The molecular formula is C7H10F3N. The van der Waals surface area contributed by atoms with Crippen molar-refractivity contribution in [2.24, 2.45) is 5.92 Å². The molecule has 0 heterocycles. The van der Waals surface area contributed by atoms with E-state index in [0.29, 0.717) is 6.42 Å². The summed E-state index contributed by atoms with van der Waals surface area (Å²) < 4.78 is 35.4. The third-order valence-corrected chi connectivity index (χ3v) is 1.48. The fourth-order valence-corrected chi connectivity index (χ4v) is 0.651. The van der Waals surface area contributed by atoms with E-state index >= 15 is 0 Å². The van der Waals surface area contributed by atoms with Gasteiger partial charge in [0.25, 0.3) is 0 Å². The maximum atomic E-state index is 11.8. The van der Waals surface area contributed by atoms with E-state index in [1.165, 1.54) is 0 Å². The molecule has 0 spiro atoms. The van der Waals surface area contributed by atoms with Gasteiger partial charge in [-0.2, -0.15) is 18.4 Å². The quantitative estimate of drug-likeness (QED) is 0.590. The second-order valence-electron chi connectivity index (χ2n) is 2.49. The van der Waals surface area contributed by atoms with Crippen molar-refractivity contribution < 1.29 is 13.2 Å². The Morgan fingerprint density at radius 3 is 2.36 bits per heavy atom. The van der Waals surface area contributed by atoms with E-state index in [4.69, 9.17) is 5.26 Å². The normalized spacial score (nSPS) is 14.1. The number of unbranched alkanes of at least 4 members (excludes halogenated alkanes) is 1. The molecular weight excluding hydrogens is 155 g/mol. The van der Waals surface area contributed by atoms with E-state index in [0.717, 1.165) is 6.92 Å². The molecule has 0 aliphatic rings. The van der Waals surface area contributed by atoms with Crippen LogP contribution in [-0.4, -0.2) is 6.18 Å².